The Kier molecular flexibility index (Phi) is 12.2. The number of carboxylic acids is 1. The fourth-order valence-electron chi connectivity index (χ4n) is 3.07. The Balaban J connectivity index is 0.00000441. The van der Waals surface area contributed by atoms with Gasteiger partial charge in [0.15, 0.2) is 0 Å². The number of hydrogen-bond acceptors (Lipinski definition) is 3. The fraction of sp³-hybridized carbons (Fsp3) is 0.875. The Morgan fingerprint density at radius 2 is 1.86 bits per heavy atom. The first kappa shape index (κ1) is 21.2. The Morgan fingerprint density at radius 3 is 2.45 bits per heavy atom. The lowest BCUT2D eigenvalue weighted by Crippen LogP contribution is -2.40. The molecule has 1 rings (SSSR count). The predicted molar refractivity (Wildman–Crippen MR) is 90.4 cm³/mol. The molecule has 0 aromatic carbocycles. The minimum absolute atomic E-state index is 0. The number of rotatable bonds is 10. The number of amides is 1. The van der Waals surface area contributed by atoms with Gasteiger partial charge in [0.2, 0.25) is 5.91 Å². The SMILES string of the molecule is CCCN(CC(=O)O)CC(=O)NCCCC1CCCCC1.Cl. The molecule has 0 unspecified atom stereocenters. The van der Waals surface area contributed by atoms with Crippen molar-refractivity contribution in [3.05, 3.63) is 0 Å². The zero-order valence-electron chi connectivity index (χ0n) is 13.7. The third-order valence-electron chi connectivity index (χ3n) is 4.10. The Bertz CT molecular complexity index is 321. The minimum Gasteiger partial charge on any atom is -0.480 e. The van der Waals surface area contributed by atoms with Gasteiger partial charge in [0.05, 0.1) is 13.1 Å². The molecule has 6 heteroatoms. The average Bonchev–Trinajstić information content (AvgIpc) is 2.44. The van der Waals surface area contributed by atoms with Gasteiger partial charge in [-0.1, -0.05) is 39.0 Å². The molecule has 0 heterocycles. The molecule has 1 amide bonds. The topological polar surface area (TPSA) is 69.6 Å². The summed E-state index contributed by atoms with van der Waals surface area (Å²) < 4.78 is 0. The van der Waals surface area contributed by atoms with Gasteiger partial charge in [0.25, 0.3) is 0 Å². The maximum atomic E-state index is 11.8. The number of aliphatic carboxylic acids is 1. The monoisotopic (exact) mass is 334 g/mol. The van der Waals surface area contributed by atoms with Crippen LogP contribution < -0.4 is 5.32 Å². The molecular formula is C16H31ClN2O3. The van der Waals surface area contributed by atoms with Gasteiger partial charge in [-0.15, -0.1) is 12.4 Å². The van der Waals surface area contributed by atoms with Gasteiger partial charge in [0.1, 0.15) is 0 Å². The van der Waals surface area contributed by atoms with Crippen LogP contribution in [0.1, 0.15) is 58.3 Å². The largest absolute Gasteiger partial charge is 0.480 e. The number of carbonyl (C=O) groups is 2. The van der Waals surface area contributed by atoms with E-state index in [4.69, 9.17) is 5.11 Å². The number of nitrogens with zero attached hydrogens (tertiary/aromatic N) is 1. The van der Waals surface area contributed by atoms with Crippen molar-refractivity contribution in [1.29, 1.82) is 0 Å². The molecule has 130 valence electrons. The summed E-state index contributed by atoms with van der Waals surface area (Å²) in [5, 5.41) is 11.7. The summed E-state index contributed by atoms with van der Waals surface area (Å²) in [6.45, 7) is 3.45. The Hall–Kier alpha value is -0.810. The number of carboxylic acid groups (broad SMARTS) is 1. The van der Waals surface area contributed by atoms with Crippen LogP contribution in [0.15, 0.2) is 0 Å². The molecule has 0 spiro atoms. The van der Waals surface area contributed by atoms with Crippen molar-refractivity contribution in [3.8, 4) is 0 Å². The molecule has 22 heavy (non-hydrogen) atoms. The zero-order valence-corrected chi connectivity index (χ0v) is 14.5. The summed E-state index contributed by atoms with van der Waals surface area (Å²) in [5.41, 5.74) is 0. The van der Waals surface area contributed by atoms with E-state index >= 15 is 0 Å². The van der Waals surface area contributed by atoms with E-state index in [2.05, 4.69) is 5.32 Å². The number of nitrogens with one attached hydrogen (secondary N) is 1. The average molecular weight is 335 g/mol. The molecule has 0 aromatic heterocycles. The van der Waals surface area contributed by atoms with Gasteiger partial charge in [-0.2, -0.15) is 0 Å². The Labute approximate surface area is 140 Å². The lowest BCUT2D eigenvalue weighted by Gasteiger charge is -2.21. The first-order chi connectivity index (χ1) is 10.1. The summed E-state index contributed by atoms with van der Waals surface area (Å²) >= 11 is 0. The summed E-state index contributed by atoms with van der Waals surface area (Å²) in [6, 6.07) is 0. The van der Waals surface area contributed by atoms with Gasteiger partial charge in [-0.25, -0.2) is 0 Å². The minimum atomic E-state index is -0.881. The van der Waals surface area contributed by atoms with Gasteiger partial charge >= 0.3 is 5.97 Å². The number of carbonyl (C=O) groups excluding carboxylic acids is 1. The first-order valence-electron chi connectivity index (χ1n) is 8.32. The summed E-state index contributed by atoms with van der Waals surface area (Å²) in [7, 11) is 0. The summed E-state index contributed by atoms with van der Waals surface area (Å²) in [5.74, 6) is -0.0962. The smallest absolute Gasteiger partial charge is 0.317 e. The van der Waals surface area contributed by atoms with E-state index in [0.717, 1.165) is 18.8 Å². The lowest BCUT2D eigenvalue weighted by atomic mass is 9.86. The quantitative estimate of drug-likeness (QED) is 0.603. The molecule has 2 N–H and O–H groups in total. The molecule has 0 aliphatic heterocycles. The van der Waals surface area contributed by atoms with E-state index in [1.165, 1.54) is 38.5 Å². The third kappa shape index (κ3) is 10.0. The molecule has 0 atom stereocenters. The van der Waals surface area contributed by atoms with Crippen LogP contribution >= 0.6 is 12.4 Å². The van der Waals surface area contributed by atoms with Gasteiger partial charge < -0.3 is 10.4 Å². The number of hydrogen-bond donors (Lipinski definition) is 2. The molecule has 1 saturated carbocycles. The third-order valence-corrected chi connectivity index (χ3v) is 4.10. The van der Waals surface area contributed by atoms with Crippen molar-refractivity contribution in [3.63, 3.8) is 0 Å². The van der Waals surface area contributed by atoms with Crippen molar-refractivity contribution < 1.29 is 14.7 Å². The summed E-state index contributed by atoms with van der Waals surface area (Å²) in [6.07, 6.45) is 9.87. The molecule has 1 aliphatic rings. The van der Waals surface area contributed by atoms with Crippen LogP contribution in [0.2, 0.25) is 0 Å². The van der Waals surface area contributed by atoms with Crippen LogP contribution in [-0.4, -0.2) is 48.1 Å². The van der Waals surface area contributed by atoms with Crippen LogP contribution in [0, 0.1) is 5.92 Å². The van der Waals surface area contributed by atoms with Crippen LogP contribution in [0.5, 0.6) is 0 Å². The molecule has 0 aromatic rings. The van der Waals surface area contributed by atoms with Gasteiger partial charge in [-0.3, -0.25) is 14.5 Å². The standard InChI is InChI=1S/C16H30N2O3.ClH/c1-2-11-18(13-16(20)21)12-15(19)17-10-6-9-14-7-4-3-5-8-14;/h14H,2-13H2,1H3,(H,17,19)(H,20,21);1H. The van der Waals surface area contributed by atoms with E-state index in [-0.39, 0.29) is 31.4 Å². The van der Waals surface area contributed by atoms with Gasteiger partial charge in [0, 0.05) is 6.54 Å². The number of halogens is 1. The van der Waals surface area contributed by atoms with Crippen molar-refractivity contribution in [2.45, 2.75) is 58.3 Å². The fourth-order valence-corrected chi connectivity index (χ4v) is 3.07. The van der Waals surface area contributed by atoms with Crippen LogP contribution in [0.25, 0.3) is 0 Å². The highest BCUT2D eigenvalue weighted by molar-refractivity contribution is 5.85. The molecule has 0 bridgehead atoms. The second-order valence-corrected chi connectivity index (χ2v) is 6.10. The van der Waals surface area contributed by atoms with E-state index in [0.29, 0.717) is 13.1 Å². The predicted octanol–water partition coefficient (Wildman–Crippen LogP) is 2.68. The van der Waals surface area contributed by atoms with Crippen LogP contribution in [0.3, 0.4) is 0 Å². The van der Waals surface area contributed by atoms with E-state index in [9.17, 15) is 9.59 Å². The van der Waals surface area contributed by atoms with Gasteiger partial charge in [-0.05, 0) is 31.7 Å². The highest BCUT2D eigenvalue weighted by atomic mass is 35.5. The molecule has 0 radical (unpaired) electrons. The second kappa shape index (κ2) is 12.7. The van der Waals surface area contributed by atoms with Crippen LogP contribution in [-0.2, 0) is 9.59 Å². The zero-order chi connectivity index (χ0) is 15.5. The highest BCUT2D eigenvalue weighted by Crippen LogP contribution is 2.26. The molecule has 5 nitrogen and oxygen atoms in total. The first-order valence-corrected chi connectivity index (χ1v) is 8.32. The lowest BCUT2D eigenvalue weighted by molar-refractivity contribution is -0.138. The maximum Gasteiger partial charge on any atom is 0.317 e. The van der Waals surface area contributed by atoms with Crippen molar-refractivity contribution in [1.82, 2.24) is 10.2 Å². The van der Waals surface area contributed by atoms with Crippen molar-refractivity contribution in [2.24, 2.45) is 5.92 Å². The molecule has 0 saturated heterocycles. The Morgan fingerprint density at radius 1 is 1.18 bits per heavy atom. The van der Waals surface area contributed by atoms with E-state index in [1.807, 2.05) is 6.92 Å². The second-order valence-electron chi connectivity index (χ2n) is 6.10. The molecule has 1 fully saturated rings. The normalized spacial score (nSPS) is 15.4. The van der Waals surface area contributed by atoms with Crippen molar-refractivity contribution >= 4 is 24.3 Å². The van der Waals surface area contributed by atoms with Crippen LogP contribution in [0.4, 0.5) is 0 Å². The van der Waals surface area contributed by atoms with E-state index in [1.54, 1.807) is 4.90 Å². The maximum absolute atomic E-state index is 11.8. The molecular weight excluding hydrogens is 304 g/mol. The summed E-state index contributed by atoms with van der Waals surface area (Å²) in [4.78, 5) is 24.2. The highest BCUT2D eigenvalue weighted by Gasteiger charge is 2.14. The molecule has 1 aliphatic carbocycles. The van der Waals surface area contributed by atoms with Crippen molar-refractivity contribution in [2.75, 3.05) is 26.2 Å². The van der Waals surface area contributed by atoms with E-state index < -0.39 is 5.97 Å².